The predicted molar refractivity (Wildman–Crippen MR) is 101 cm³/mol. The Labute approximate surface area is 169 Å². The van der Waals surface area contributed by atoms with E-state index in [1.807, 2.05) is 0 Å². The van der Waals surface area contributed by atoms with Crippen molar-refractivity contribution in [1.29, 1.82) is 0 Å². The minimum absolute atomic E-state index is 0.0326. The predicted octanol–water partition coefficient (Wildman–Crippen LogP) is 4.32. The molecule has 11 heteroatoms. The molecule has 0 atom stereocenters. The molecule has 3 N–H and O–H groups in total. The molecule has 0 aliphatic rings. The van der Waals surface area contributed by atoms with Crippen molar-refractivity contribution in [3.8, 4) is 0 Å². The smallest absolute Gasteiger partial charge is 0.397 e. The molecule has 28 heavy (non-hydrogen) atoms. The summed E-state index contributed by atoms with van der Waals surface area (Å²) in [4.78, 5) is 12.4. The fourth-order valence-corrected chi connectivity index (χ4v) is 3.92. The molecule has 2 aromatic carbocycles. The van der Waals surface area contributed by atoms with Crippen molar-refractivity contribution >= 4 is 44.6 Å². The van der Waals surface area contributed by atoms with E-state index < -0.39 is 38.1 Å². The molecule has 5 nitrogen and oxygen atoms in total. The maximum Gasteiger partial charge on any atom is 0.416 e. The van der Waals surface area contributed by atoms with Crippen LogP contribution in [-0.2, 0) is 22.6 Å². The molecular weight excluding hydrogens is 440 g/mol. The monoisotopic (exact) mass is 454 g/mol. The Bertz CT molecular complexity index is 1030. The first-order valence-electron chi connectivity index (χ1n) is 7.82. The summed E-state index contributed by atoms with van der Waals surface area (Å²) in [5.74, 6) is -1.11. The average Bonchev–Trinajstić information content (AvgIpc) is 2.60. The number of alkyl halides is 3. The van der Waals surface area contributed by atoms with Gasteiger partial charge in [-0.3, -0.25) is 4.79 Å². The lowest BCUT2D eigenvalue weighted by molar-refractivity contribution is -0.137. The lowest BCUT2D eigenvalue weighted by Gasteiger charge is -2.14. The van der Waals surface area contributed by atoms with Crippen LogP contribution >= 0.6 is 23.2 Å². The zero-order valence-electron chi connectivity index (χ0n) is 14.4. The summed E-state index contributed by atoms with van der Waals surface area (Å²) >= 11 is 11.6. The lowest BCUT2D eigenvalue weighted by Crippen LogP contribution is -2.25. The number of hydrogen-bond acceptors (Lipinski definition) is 4. The largest absolute Gasteiger partial charge is 0.416 e. The fourth-order valence-electron chi connectivity index (χ4n) is 2.39. The van der Waals surface area contributed by atoms with Crippen LogP contribution in [0.5, 0.6) is 0 Å². The van der Waals surface area contributed by atoms with Crippen molar-refractivity contribution in [3.63, 3.8) is 0 Å². The molecule has 0 spiro atoms. The van der Waals surface area contributed by atoms with Crippen LogP contribution in [0.4, 0.5) is 18.9 Å². The van der Waals surface area contributed by atoms with Crippen LogP contribution in [0, 0.1) is 0 Å². The van der Waals surface area contributed by atoms with E-state index in [4.69, 9.17) is 28.9 Å². The van der Waals surface area contributed by atoms with Gasteiger partial charge in [0, 0.05) is 11.6 Å². The average molecular weight is 455 g/mol. The van der Waals surface area contributed by atoms with E-state index in [-0.39, 0.29) is 33.5 Å². The number of nitrogens with one attached hydrogen (secondary N) is 1. The van der Waals surface area contributed by atoms with Crippen molar-refractivity contribution in [2.45, 2.75) is 24.5 Å². The van der Waals surface area contributed by atoms with Gasteiger partial charge in [-0.2, -0.15) is 13.2 Å². The molecule has 0 aliphatic heterocycles. The Morgan fingerprint density at radius 3 is 2.39 bits per heavy atom. The second-order valence-electron chi connectivity index (χ2n) is 5.76. The highest BCUT2D eigenvalue weighted by atomic mass is 35.5. The van der Waals surface area contributed by atoms with E-state index >= 15 is 0 Å². The number of carbonyl (C=O) groups is 1. The first-order chi connectivity index (χ1) is 12.9. The summed E-state index contributed by atoms with van der Waals surface area (Å²) in [6, 6.07) is 5.25. The van der Waals surface area contributed by atoms with E-state index in [1.165, 1.54) is 25.1 Å². The van der Waals surface area contributed by atoms with Crippen LogP contribution in [0.15, 0.2) is 35.2 Å². The number of sulfone groups is 1. The summed E-state index contributed by atoms with van der Waals surface area (Å²) in [5, 5.41) is 2.18. The van der Waals surface area contributed by atoms with Crippen LogP contribution in [0.1, 0.15) is 28.4 Å². The minimum atomic E-state index is -4.72. The normalized spacial score (nSPS) is 12.1. The summed E-state index contributed by atoms with van der Waals surface area (Å²) in [7, 11) is -3.60. The minimum Gasteiger partial charge on any atom is -0.397 e. The molecule has 0 aromatic heterocycles. The van der Waals surface area contributed by atoms with Crippen molar-refractivity contribution in [1.82, 2.24) is 5.32 Å². The van der Waals surface area contributed by atoms with E-state index in [0.717, 1.165) is 0 Å². The van der Waals surface area contributed by atoms with Gasteiger partial charge in [-0.05, 0) is 35.9 Å². The SMILES string of the molecule is CCS(=O)(=O)c1ccc(Cl)cc1CNC(=O)c1cc(C(F)(F)F)cc(Cl)c1N. The van der Waals surface area contributed by atoms with Gasteiger partial charge in [0.25, 0.3) is 5.91 Å². The van der Waals surface area contributed by atoms with Gasteiger partial charge < -0.3 is 11.1 Å². The molecule has 0 unspecified atom stereocenters. The fraction of sp³-hybridized carbons (Fsp3) is 0.235. The first-order valence-corrected chi connectivity index (χ1v) is 10.2. The maximum absolute atomic E-state index is 12.9. The number of benzene rings is 2. The molecule has 152 valence electrons. The second-order valence-corrected chi connectivity index (χ2v) is 8.85. The number of halogens is 5. The molecule has 2 rings (SSSR count). The Kier molecular flexibility index (Phi) is 6.52. The van der Waals surface area contributed by atoms with Gasteiger partial charge >= 0.3 is 6.18 Å². The molecule has 0 radical (unpaired) electrons. The van der Waals surface area contributed by atoms with Crippen molar-refractivity contribution < 1.29 is 26.4 Å². The molecule has 1 amide bonds. The maximum atomic E-state index is 12.9. The van der Waals surface area contributed by atoms with Crippen LogP contribution in [-0.4, -0.2) is 20.1 Å². The van der Waals surface area contributed by atoms with E-state index in [1.54, 1.807) is 0 Å². The third-order valence-electron chi connectivity index (χ3n) is 3.88. The van der Waals surface area contributed by atoms with Gasteiger partial charge in [0.05, 0.1) is 32.5 Å². The molecule has 0 aliphatic carbocycles. The third-order valence-corrected chi connectivity index (χ3v) is 6.25. The van der Waals surface area contributed by atoms with Crippen molar-refractivity contribution in [3.05, 3.63) is 57.1 Å². The number of carbonyl (C=O) groups excluding carboxylic acids is 1. The van der Waals surface area contributed by atoms with Crippen molar-refractivity contribution in [2.75, 3.05) is 11.5 Å². The number of anilines is 1. The second kappa shape index (κ2) is 8.18. The highest BCUT2D eigenvalue weighted by Gasteiger charge is 2.32. The van der Waals surface area contributed by atoms with E-state index in [2.05, 4.69) is 5.32 Å². The topological polar surface area (TPSA) is 89.3 Å². The van der Waals surface area contributed by atoms with Crippen LogP contribution in [0.2, 0.25) is 10.0 Å². The quantitative estimate of drug-likeness (QED) is 0.658. The van der Waals surface area contributed by atoms with Gasteiger partial charge in [0.2, 0.25) is 0 Å². The van der Waals surface area contributed by atoms with E-state index in [0.29, 0.717) is 12.1 Å². The summed E-state index contributed by atoms with van der Waals surface area (Å²) in [6.07, 6.45) is -4.72. The zero-order valence-corrected chi connectivity index (χ0v) is 16.7. The third kappa shape index (κ3) is 4.89. The van der Waals surface area contributed by atoms with Crippen LogP contribution in [0.25, 0.3) is 0 Å². The number of nitrogens with two attached hydrogens (primary N) is 1. The van der Waals surface area contributed by atoms with Gasteiger partial charge in [0.15, 0.2) is 9.84 Å². The number of nitrogen functional groups attached to an aromatic ring is 1. The van der Waals surface area contributed by atoms with Crippen molar-refractivity contribution in [2.24, 2.45) is 0 Å². The summed E-state index contributed by atoms with van der Waals surface area (Å²) in [6.45, 7) is 1.17. The Morgan fingerprint density at radius 2 is 1.82 bits per heavy atom. The summed E-state index contributed by atoms with van der Waals surface area (Å²) in [5.41, 5.74) is 3.91. The van der Waals surface area contributed by atoms with Crippen LogP contribution in [0.3, 0.4) is 0 Å². The molecule has 0 bridgehead atoms. The van der Waals surface area contributed by atoms with E-state index in [9.17, 15) is 26.4 Å². The van der Waals surface area contributed by atoms with Crippen LogP contribution < -0.4 is 11.1 Å². The molecule has 0 saturated heterocycles. The summed E-state index contributed by atoms with van der Waals surface area (Å²) < 4.78 is 63.2. The molecule has 2 aromatic rings. The Balaban J connectivity index is 2.36. The Morgan fingerprint density at radius 1 is 1.18 bits per heavy atom. The molecule has 0 fully saturated rings. The number of hydrogen-bond donors (Lipinski definition) is 2. The highest BCUT2D eigenvalue weighted by Crippen LogP contribution is 2.35. The number of rotatable bonds is 5. The standard InChI is InChI=1S/C17H15Cl2F3N2O3S/c1-2-28(26,27)14-4-3-11(18)5-9(14)8-24-16(25)12-6-10(17(20,21)22)7-13(19)15(12)23/h3-7H,2,8,23H2,1H3,(H,24,25). The Hall–Kier alpha value is -1.97. The van der Waals surface area contributed by atoms with Gasteiger partial charge in [0.1, 0.15) is 0 Å². The van der Waals surface area contributed by atoms with Gasteiger partial charge in [-0.25, -0.2) is 8.42 Å². The molecule has 0 saturated carbocycles. The lowest BCUT2D eigenvalue weighted by atomic mass is 10.1. The molecular formula is C17H15Cl2F3N2O3S. The molecule has 0 heterocycles. The zero-order chi connectivity index (χ0) is 21.3. The van der Waals surface area contributed by atoms with Gasteiger partial charge in [-0.1, -0.05) is 30.1 Å². The first kappa shape index (κ1) is 22.3. The van der Waals surface area contributed by atoms with Gasteiger partial charge in [-0.15, -0.1) is 0 Å². The highest BCUT2D eigenvalue weighted by molar-refractivity contribution is 7.91. The number of amides is 1.